The van der Waals surface area contributed by atoms with Crippen molar-refractivity contribution in [3.05, 3.63) is 32.6 Å². The average Bonchev–Trinajstić information content (AvgIpc) is 2.22. The molecule has 1 amide bonds. The molecule has 0 saturated carbocycles. The Balaban J connectivity index is 2.55. The van der Waals surface area contributed by atoms with Crippen molar-refractivity contribution in [3.63, 3.8) is 0 Å². The number of carbonyl (C=O) groups is 1. The Bertz CT molecular complexity index is 566. The number of nitrogens with zero attached hydrogens (tertiary/aromatic N) is 1. The second kappa shape index (κ2) is 5.73. The van der Waals surface area contributed by atoms with Gasteiger partial charge in [-0.15, -0.1) is 0 Å². The summed E-state index contributed by atoms with van der Waals surface area (Å²) < 4.78 is 6.38. The predicted octanol–water partition coefficient (Wildman–Crippen LogP) is 0.370. The summed E-state index contributed by atoms with van der Waals surface area (Å²) in [6.07, 6.45) is 0.916. The van der Waals surface area contributed by atoms with Crippen molar-refractivity contribution in [3.8, 4) is 0 Å². The van der Waals surface area contributed by atoms with Crippen LogP contribution in [0.5, 0.6) is 0 Å². The monoisotopic (exact) mass is 269 g/mol. The van der Waals surface area contributed by atoms with Crippen LogP contribution in [0.25, 0.3) is 0 Å². The summed E-state index contributed by atoms with van der Waals surface area (Å²) in [5, 5.41) is 2.54. The Labute approximate surface area is 110 Å². The number of aromatic amines is 1. The molecule has 1 rings (SSSR count). The van der Waals surface area contributed by atoms with E-state index in [4.69, 9.17) is 4.74 Å². The predicted molar refractivity (Wildman–Crippen MR) is 70.3 cm³/mol. The molecule has 0 saturated heterocycles. The van der Waals surface area contributed by atoms with Gasteiger partial charge in [0.05, 0.1) is 0 Å². The molecule has 0 aliphatic rings. The number of aryl methyl sites for hydroxylation is 1. The first kappa shape index (κ1) is 15.0. The number of ether oxygens (including phenoxy) is 1. The lowest BCUT2D eigenvalue weighted by atomic mass is 10.2. The van der Waals surface area contributed by atoms with Gasteiger partial charge < -0.3 is 10.1 Å². The zero-order chi connectivity index (χ0) is 14.6. The average molecular weight is 269 g/mol. The molecule has 7 nitrogen and oxygen atoms in total. The van der Waals surface area contributed by atoms with E-state index in [2.05, 4.69) is 10.3 Å². The third-order valence-corrected chi connectivity index (χ3v) is 2.21. The van der Waals surface area contributed by atoms with E-state index in [1.54, 1.807) is 27.7 Å². The fourth-order valence-corrected chi connectivity index (χ4v) is 1.38. The molecule has 0 fully saturated rings. The number of nitrogens with one attached hydrogen (secondary N) is 2. The molecule has 0 radical (unpaired) electrons. The molecule has 7 heteroatoms. The number of rotatable bonds is 3. The highest BCUT2D eigenvalue weighted by Crippen LogP contribution is 2.06. The standard InChI is InChI=1S/C12H19N3O4/c1-8-7-15(10(17)14-9(8)16)6-5-13-11(18)19-12(2,3)4/h7H,5-6H2,1-4H3,(H,13,18)(H,14,16,17). The molecular formula is C12H19N3O4. The molecule has 2 N–H and O–H groups in total. The van der Waals surface area contributed by atoms with Crippen molar-refractivity contribution in [2.45, 2.75) is 39.8 Å². The fraction of sp³-hybridized carbons (Fsp3) is 0.583. The van der Waals surface area contributed by atoms with Crippen LogP contribution in [0.15, 0.2) is 15.8 Å². The second-order valence-electron chi connectivity index (χ2n) is 5.19. The lowest BCUT2D eigenvalue weighted by molar-refractivity contribution is 0.0526. The number of hydrogen-bond acceptors (Lipinski definition) is 4. The lowest BCUT2D eigenvalue weighted by Gasteiger charge is -2.19. The zero-order valence-electron chi connectivity index (χ0n) is 11.6. The third-order valence-electron chi connectivity index (χ3n) is 2.21. The summed E-state index contributed by atoms with van der Waals surface area (Å²) in [4.78, 5) is 36.2. The molecule has 0 spiro atoms. The van der Waals surface area contributed by atoms with Crippen LogP contribution in [-0.4, -0.2) is 27.8 Å². The zero-order valence-corrected chi connectivity index (χ0v) is 11.6. The largest absolute Gasteiger partial charge is 0.444 e. The minimum absolute atomic E-state index is 0.236. The SMILES string of the molecule is Cc1cn(CCNC(=O)OC(C)(C)C)c(=O)[nH]c1=O. The molecule has 106 valence electrons. The third kappa shape index (κ3) is 4.99. The normalized spacial score (nSPS) is 11.2. The van der Waals surface area contributed by atoms with Crippen molar-refractivity contribution in [1.29, 1.82) is 0 Å². The van der Waals surface area contributed by atoms with E-state index < -0.39 is 22.9 Å². The van der Waals surface area contributed by atoms with Crippen LogP contribution >= 0.6 is 0 Å². The van der Waals surface area contributed by atoms with E-state index in [1.807, 2.05) is 0 Å². The summed E-state index contributed by atoms with van der Waals surface area (Å²) in [6, 6.07) is 0. The highest BCUT2D eigenvalue weighted by molar-refractivity contribution is 5.67. The van der Waals surface area contributed by atoms with Gasteiger partial charge in [-0.2, -0.15) is 0 Å². The van der Waals surface area contributed by atoms with Crippen molar-refractivity contribution in [2.24, 2.45) is 0 Å². The summed E-state index contributed by atoms with van der Waals surface area (Å²) >= 11 is 0. The van der Waals surface area contributed by atoms with Gasteiger partial charge in [0.15, 0.2) is 0 Å². The van der Waals surface area contributed by atoms with Crippen LogP contribution < -0.4 is 16.6 Å². The first-order valence-electron chi connectivity index (χ1n) is 5.96. The number of hydrogen-bond donors (Lipinski definition) is 2. The van der Waals surface area contributed by atoms with Crippen molar-refractivity contribution >= 4 is 6.09 Å². The van der Waals surface area contributed by atoms with Gasteiger partial charge in [0.1, 0.15) is 5.60 Å². The van der Waals surface area contributed by atoms with E-state index in [9.17, 15) is 14.4 Å². The Morgan fingerprint density at radius 3 is 2.63 bits per heavy atom. The van der Waals surface area contributed by atoms with Crippen LogP contribution in [0.4, 0.5) is 4.79 Å². The van der Waals surface area contributed by atoms with E-state index in [0.717, 1.165) is 0 Å². The topological polar surface area (TPSA) is 93.2 Å². The molecule has 0 unspecified atom stereocenters. The van der Waals surface area contributed by atoms with Crippen LogP contribution in [0.1, 0.15) is 26.3 Å². The van der Waals surface area contributed by atoms with Gasteiger partial charge in [-0.25, -0.2) is 9.59 Å². The quantitative estimate of drug-likeness (QED) is 0.829. The van der Waals surface area contributed by atoms with Gasteiger partial charge in [-0.05, 0) is 27.7 Å². The number of H-pyrrole nitrogens is 1. The Kier molecular flexibility index (Phi) is 4.52. The highest BCUT2D eigenvalue weighted by atomic mass is 16.6. The maximum absolute atomic E-state index is 11.5. The van der Waals surface area contributed by atoms with Crippen LogP contribution in [0.3, 0.4) is 0 Å². The second-order valence-corrected chi connectivity index (χ2v) is 5.19. The first-order chi connectivity index (χ1) is 8.69. The lowest BCUT2D eigenvalue weighted by Crippen LogP contribution is -2.37. The van der Waals surface area contributed by atoms with E-state index >= 15 is 0 Å². The highest BCUT2D eigenvalue weighted by Gasteiger charge is 2.15. The van der Waals surface area contributed by atoms with E-state index in [1.165, 1.54) is 10.8 Å². The Morgan fingerprint density at radius 1 is 1.42 bits per heavy atom. The van der Waals surface area contributed by atoms with Gasteiger partial charge in [-0.3, -0.25) is 14.3 Å². The Hall–Kier alpha value is -2.05. The van der Waals surface area contributed by atoms with Gasteiger partial charge in [-0.1, -0.05) is 0 Å². The van der Waals surface area contributed by atoms with Gasteiger partial charge in [0, 0.05) is 24.8 Å². The van der Waals surface area contributed by atoms with Crippen molar-refractivity contribution in [1.82, 2.24) is 14.9 Å². The maximum atomic E-state index is 11.5. The minimum atomic E-state index is -0.560. The molecule has 0 atom stereocenters. The smallest absolute Gasteiger partial charge is 0.407 e. The molecule has 0 aliphatic carbocycles. The van der Waals surface area contributed by atoms with E-state index in [-0.39, 0.29) is 13.1 Å². The molecular weight excluding hydrogens is 250 g/mol. The molecule has 19 heavy (non-hydrogen) atoms. The van der Waals surface area contributed by atoms with Gasteiger partial charge >= 0.3 is 11.8 Å². The number of carbonyl (C=O) groups excluding carboxylic acids is 1. The molecule has 0 bridgehead atoms. The van der Waals surface area contributed by atoms with E-state index in [0.29, 0.717) is 5.56 Å². The van der Waals surface area contributed by atoms with Crippen LogP contribution in [0.2, 0.25) is 0 Å². The number of alkyl carbamates (subject to hydrolysis) is 1. The molecule has 0 aliphatic heterocycles. The molecule has 1 aromatic heterocycles. The first-order valence-corrected chi connectivity index (χ1v) is 5.96. The van der Waals surface area contributed by atoms with Crippen molar-refractivity contribution < 1.29 is 9.53 Å². The Morgan fingerprint density at radius 2 is 2.05 bits per heavy atom. The summed E-state index contributed by atoms with van der Waals surface area (Å²) in [5.41, 5.74) is -1.02. The summed E-state index contributed by atoms with van der Waals surface area (Å²) in [7, 11) is 0. The van der Waals surface area contributed by atoms with Crippen LogP contribution in [0, 0.1) is 6.92 Å². The van der Waals surface area contributed by atoms with Crippen LogP contribution in [-0.2, 0) is 11.3 Å². The molecule has 0 aromatic carbocycles. The number of aromatic nitrogens is 2. The van der Waals surface area contributed by atoms with Gasteiger partial charge in [0.25, 0.3) is 5.56 Å². The molecule has 1 aromatic rings. The summed E-state index contributed by atoms with van der Waals surface area (Å²) in [5.74, 6) is 0. The minimum Gasteiger partial charge on any atom is -0.444 e. The number of amides is 1. The molecule has 1 heterocycles. The maximum Gasteiger partial charge on any atom is 0.407 e. The van der Waals surface area contributed by atoms with Gasteiger partial charge in [0.2, 0.25) is 0 Å². The fourth-order valence-electron chi connectivity index (χ4n) is 1.38. The van der Waals surface area contributed by atoms with Crippen molar-refractivity contribution in [2.75, 3.05) is 6.54 Å². The summed E-state index contributed by atoms with van der Waals surface area (Å²) in [6.45, 7) is 7.40.